The van der Waals surface area contributed by atoms with E-state index in [0.717, 1.165) is 18.4 Å². The maximum atomic E-state index is 14.0. The number of methoxy groups -OCH3 is 1. The molecule has 0 unspecified atom stereocenters. The summed E-state index contributed by atoms with van der Waals surface area (Å²) >= 11 is 6.00. The molecule has 11 heteroatoms. The van der Waals surface area contributed by atoms with Crippen molar-refractivity contribution in [1.29, 1.82) is 0 Å². The Hall–Kier alpha value is -4.28. The van der Waals surface area contributed by atoms with Crippen LogP contribution >= 0.6 is 11.6 Å². The van der Waals surface area contributed by atoms with Crippen LogP contribution in [0.3, 0.4) is 0 Å². The highest BCUT2D eigenvalue weighted by atomic mass is 35.5. The van der Waals surface area contributed by atoms with E-state index in [1.165, 1.54) is 9.70 Å². The molecule has 1 aromatic heterocycles. The highest BCUT2D eigenvalue weighted by Gasteiger charge is 2.34. The summed E-state index contributed by atoms with van der Waals surface area (Å²) in [6, 6.07) is 20.6. The molecule has 5 rings (SSSR count). The summed E-state index contributed by atoms with van der Waals surface area (Å²) in [7, 11) is 1.57. The number of hydrogen-bond donors (Lipinski definition) is 1. The molecule has 2 heterocycles. The van der Waals surface area contributed by atoms with Crippen LogP contribution in [-0.2, 0) is 20.9 Å². The molecule has 10 nitrogen and oxygen atoms in total. The third-order valence-electron chi connectivity index (χ3n) is 6.88. The van der Waals surface area contributed by atoms with Crippen molar-refractivity contribution in [3.8, 4) is 17.1 Å². The number of benzene rings is 3. The molecule has 3 aromatic carbocycles. The number of halogens is 1. The lowest BCUT2D eigenvalue weighted by molar-refractivity contribution is -0.127. The Morgan fingerprint density at radius 1 is 1.10 bits per heavy atom. The average Bonchev–Trinajstić information content (AvgIpc) is 3.68. The maximum Gasteiger partial charge on any atom is 0.251 e. The van der Waals surface area contributed by atoms with Crippen LogP contribution in [0, 0.1) is 6.92 Å². The van der Waals surface area contributed by atoms with E-state index in [1.807, 2.05) is 31.2 Å². The zero-order valence-corrected chi connectivity index (χ0v) is 23.6. The SMILES string of the molecule is COc1ccc(N(C(=O)Cn2nnc(-c3ccc(Cl)cc3)n2)[C@H](C(=O)NC[C@H]2CCCO2)c2ccc(C)cc2)cc1. The second-order valence-electron chi connectivity index (χ2n) is 9.81. The number of nitrogens with zero attached hydrogens (tertiary/aromatic N) is 5. The van der Waals surface area contributed by atoms with Gasteiger partial charge in [0, 0.05) is 29.4 Å². The smallest absolute Gasteiger partial charge is 0.251 e. The Morgan fingerprint density at radius 2 is 1.83 bits per heavy atom. The molecule has 4 aromatic rings. The molecule has 1 aliphatic rings. The predicted octanol–water partition coefficient (Wildman–Crippen LogP) is 4.38. The minimum absolute atomic E-state index is 0.0478. The number of aryl methyl sites for hydroxylation is 1. The van der Waals surface area contributed by atoms with Crippen molar-refractivity contribution in [2.24, 2.45) is 0 Å². The summed E-state index contributed by atoms with van der Waals surface area (Å²) in [5.74, 6) is 0.270. The predicted molar refractivity (Wildman–Crippen MR) is 155 cm³/mol. The molecule has 41 heavy (non-hydrogen) atoms. The van der Waals surface area contributed by atoms with Crippen LogP contribution in [0.4, 0.5) is 5.69 Å². The highest BCUT2D eigenvalue weighted by Crippen LogP contribution is 2.30. The van der Waals surface area contributed by atoms with E-state index in [9.17, 15) is 9.59 Å². The van der Waals surface area contributed by atoms with Crippen molar-refractivity contribution in [1.82, 2.24) is 25.5 Å². The van der Waals surface area contributed by atoms with Crippen LogP contribution in [-0.4, -0.2) is 58.4 Å². The fourth-order valence-electron chi connectivity index (χ4n) is 4.68. The van der Waals surface area contributed by atoms with Gasteiger partial charge in [-0.05, 0) is 79.1 Å². The van der Waals surface area contributed by atoms with Crippen molar-refractivity contribution in [2.45, 2.75) is 38.5 Å². The second-order valence-corrected chi connectivity index (χ2v) is 10.2. The molecule has 1 aliphatic heterocycles. The standard InChI is InChI=1S/C30H31ClN6O4/c1-20-5-7-21(8-6-20)28(30(39)32-18-26-4-3-17-41-26)37(24-13-15-25(40-2)16-14-24)27(38)19-36-34-29(33-35-36)22-9-11-23(31)12-10-22/h5-16,26,28H,3-4,17-19H2,1-2H3,(H,32,39)/t26-,28+/m1/s1. The number of hydrogen-bond acceptors (Lipinski definition) is 7. The Bertz CT molecular complexity index is 1470. The van der Waals surface area contributed by atoms with Gasteiger partial charge in [0.1, 0.15) is 18.3 Å². The van der Waals surface area contributed by atoms with Crippen LogP contribution in [0.5, 0.6) is 5.75 Å². The largest absolute Gasteiger partial charge is 0.497 e. The van der Waals surface area contributed by atoms with Crippen LogP contribution in [0.25, 0.3) is 11.4 Å². The Balaban J connectivity index is 1.48. The minimum atomic E-state index is -0.961. The maximum absolute atomic E-state index is 14.0. The normalized spacial score (nSPS) is 15.3. The van der Waals surface area contributed by atoms with E-state index < -0.39 is 11.9 Å². The molecule has 1 N–H and O–H groups in total. The van der Waals surface area contributed by atoms with Gasteiger partial charge in [-0.2, -0.15) is 4.80 Å². The molecule has 1 saturated heterocycles. The van der Waals surface area contributed by atoms with Gasteiger partial charge >= 0.3 is 0 Å². The summed E-state index contributed by atoms with van der Waals surface area (Å²) < 4.78 is 11.0. The first-order valence-corrected chi connectivity index (χ1v) is 13.7. The molecule has 0 spiro atoms. The molecule has 0 aliphatic carbocycles. The summed E-state index contributed by atoms with van der Waals surface area (Å²) in [6.07, 6.45) is 1.79. The summed E-state index contributed by atoms with van der Waals surface area (Å²) in [4.78, 5) is 30.6. The van der Waals surface area contributed by atoms with E-state index in [-0.39, 0.29) is 18.6 Å². The van der Waals surface area contributed by atoms with E-state index >= 15 is 0 Å². The number of rotatable bonds is 10. The first kappa shape index (κ1) is 28.3. The fraction of sp³-hybridized carbons (Fsp3) is 0.300. The fourth-order valence-corrected chi connectivity index (χ4v) is 4.81. The van der Waals surface area contributed by atoms with Crippen molar-refractivity contribution in [2.75, 3.05) is 25.2 Å². The minimum Gasteiger partial charge on any atom is -0.497 e. The number of amides is 2. The molecular formula is C30H31ClN6O4. The van der Waals surface area contributed by atoms with Gasteiger partial charge < -0.3 is 14.8 Å². The number of ether oxygens (including phenoxy) is 2. The number of tetrazole rings is 1. The Kier molecular flexibility index (Phi) is 8.91. The van der Waals surface area contributed by atoms with Gasteiger partial charge in [-0.1, -0.05) is 41.4 Å². The monoisotopic (exact) mass is 574 g/mol. The van der Waals surface area contributed by atoms with E-state index in [0.29, 0.717) is 46.6 Å². The second kappa shape index (κ2) is 12.9. The lowest BCUT2D eigenvalue weighted by Crippen LogP contribution is -2.46. The topological polar surface area (TPSA) is 111 Å². The first-order chi connectivity index (χ1) is 19.9. The third-order valence-corrected chi connectivity index (χ3v) is 7.13. The quantitative estimate of drug-likeness (QED) is 0.299. The molecular weight excluding hydrogens is 544 g/mol. The summed E-state index contributed by atoms with van der Waals surface area (Å²) in [6.45, 7) is 2.77. The van der Waals surface area contributed by atoms with Gasteiger partial charge in [-0.15, -0.1) is 10.2 Å². The van der Waals surface area contributed by atoms with Crippen LogP contribution in [0.1, 0.15) is 30.0 Å². The van der Waals surface area contributed by atoms with Crippen molar-refractivity contribution < 1.29 is 19.1 Å². The van der Waals surface area contributed by atoms with Gasteiger partial charge in [-0.3, -0.25) is 14.5 Å². The van der Waals surface area contributed by atoms with E-state index in [1.54, 1.807) is 55.6 Å². The van der Waals surface area contributed by atoms with E-state index in [2.05, 4.69) is 20.7 Å². The van der Waals surface area contributed by atoms with Gasteiger partial charge in [0.15, 0.2) is 0 Å². The van der Waals surface area contributed by atoms with E-state index in [4.69, 9.17) is 21.1 Å². The Morgan fingerprint density at radius 3 is 2.49 bits per heavy atom. The molecule has 0 saturated carbocycles. The van der Waals surface area contributed by atoms with Crippen LogP contribution < -0.4 is 15.0 Å². The van der Waals surface area contributed by atoms with Crippen molar-refractivity contribution >= 4 is 29.1 Å². The molecule has 2 amide bonds. The molecule has 0 bridgehead atoms. The average molecular weight is 575 g/mol. The zero-order valence-electron chi connectivity index (χ0n) is 22.9. The van der Waals surface area contributed by atoms with Crippen LogP contribution in [0.15, 0.2) is 72.8 Å². The Labute approximate surface area is 243 Å². The van der Waals surface area contributed by atoms with Gasteiger partial charge in [-0.25, -0.2) is 0 Å². The number of carbonyl (C=O) groups excluding carboxylic acids is 2. The van der Waals surface area contributed by atoms with Crippen molar-refractivity contribution in [3.63, 3.8) is 0 Å². The number of carbonyl (C=O) groups is 2. The van der Waals surface area contributed by atoms with Gasteiger partial charge in [0.2, 0.25) is 11.7 Å². The van der Waals surface area contributed by atoms with Gasteiger partial charge in [0.05, 0.1) is 13.2 Å². The highest BCUT2D eigenvalue weighted by molar-refractivity contribution is 6.30. The third kappa shape index (κ3) is 6.90. The zero-order chi connectivity index (χ0) is 28.8. The first-order valence-electron chi connectivity index (χ1n) is 13.4. The molecule has 1 fully saturated rings. The summed E-state index contributed by atoms with van der Waals surface area (Å²) in [5, 5.41) is 16.2. The van der Waals surface area contributed by atoms with Crippen molar-refractivity contribution in [3.05, 3.63) is 88.9 Å². The number of anilines is 1. The molecule has 0 radical (unpaired) electrons. The summed E-state index contributed by atoms with van der Waals surface area (Å²) in [5.41, 5.74) is 2.94. The molecule has 2 atom stereocenters. The van der Waals surface area contributed by atoms with Gasteiger partial charge in [0.25, 0.3) is 5.91 Å². The lowest BCUT2D eigenvalue weighted by Gasteiger charge is -2.32. The lowest BCUT2D eigenvalue weighted by atomic mass is 10.0. The molecule has 212 valence electrons. The number of nitrogens with one attached hydrogen (secondary N) is 1. The van der Waals surface area contributed by atoms with Crippen LogP contribution in [0.2, 0.25) is 5.02 Å². The number of aromatic nitrogens is 4.